The van der Waals surface area contributed by atoms with Gasteiger partial charge in [-0.3, -0.25) is 19.9 Å². The van der Waals surface area contributed by atoms with E-state index in [0.29, 0.717) is 0 Å². The first-order valence-corrected chi connectivity index (χ1v) is 8.98. The molecule has 27 heavy (non-hydrogen) atoms. The van der Waals surface area contributed by atoms with Crippen molar-refractivity contribution in [1.29, 1.82) is 0 Å². The lowest BCUT2D eigenvalue weighted by molar-refractivity contribution is -0.384. The van der Waals surface area contributed by atoms with Crippen molar-refractivity contribution in [3.63, 3.8) is 0 Å². The average molecular weight is 371 g/mol. The fourth-order valence-electron chi connectivity index (χ4n) is 3.36. The summed E-state index contributed by atoms with van der Waals surface area (Å²) in [5, 5.41) is 10.9. The van der Waals surface area contributed by atoms with Crippen molar-refractivity contribution >= 4 is 5.69 Å². The highest BCUT2D eigenvalue weighted by molar-refractivity contribution is 5.40. The third-order valence-electron chi connectivity index (χ3n) is 4.88. The van der Waals surface area contributed by atoms with E-state index in [0.717, 1.165) is 61.9 Å². The molecule has 0 saturated carbocycles. The minimum absolute atomic E-state index is 0.151. The average Bonchev–Trinajstić information content (AvgIpc) is 2.70. The maximum Gasteiger partial charge on any atom is 0.269 e. The van der Waals surface area contributed by atoms with Crippen molar-refractivity contribution < 1.29 is 14.4 Å². The number of hydrogen-bond acceptors (Lipinski definition) is 6. The molecule has 0 bridgehead atoms. The third-order valence-corrected chi connectivity index (χ3v) is 4.88. The Hall–Kier alpha value is -2.64. The van der Waals surface area contributed by atoms with E-state index in [2.05, 4.69) is 9.80 Å². The van der Waals surface area contributed by atoms with Gasteiger partial charge in [0, 0.05) is 63.0 Å². The smallest absolute Gasteiger partial charge is 0.269 e. The second-order valence-corrected chi connectivity index (χ2v) is 6.66. The molecule has 1 aliphatic heterocycles. The molecule has 0 aliphatic carbocycles. The quantitative estimate of drug-likeness (QED) is 0.551. The first kappa shape index (κ1) is 19.1. The normalized spacial score (nSPS) is 15.5. The summed E-state index contributed by atoms with van der Waals surface area (Å²) in [7, 11) is 3.32. The molecule has 1 saturated heterocycles. The molecule has 2 aromatic rings. The molecule has 0 atom stereocenters. The Balaban J connectivity index is 1.55. The van der Waals surface area contributed by atoms with E-state index in [1.54, 1.807) is 26.4 Å². The van der Waals surface area contributed by atoms with Gasteiger partial charge in [-0.1, -0.05) is 18.2 Å². The van der Waals surface area contributed by atoms with Crippen LogP contribution >= 0.6 is 0 Å². The zero-order valence-corrected chi connectivity index (χ0v) is 15.8. The van der Waals surface area contributed by atoms with E-state index < -0.39 is 0 Å². The molecule has 7 heteroatoms. The number of hydrogen-bond donors (Lipinski definition) is 0. The first-order valence-electron chi connectivity index (χ1n) is 8.98. The molecule has 2 aromatic carbocycles. The number of nitro groups is 1. The molecular weight excluding hydrogens is 346 g/mol. The summed E-state index contributed by atoms with van der Waals surface area (Å²) in [5.41, 5.74) is 2.28. The van der Waals surface area contributed by atoms with Gasteiger partial charge in [-0.25, -0.2) is 0 Å². The molecule has 1 aliphatic rings. The van der Waals surface area contributed by atoms with Crippen molar-refractivity contribution in [3.8, 4) is 11.5 Å². The van der Waals surface area contributed by atoms with Gasteiger partial charge in [0.05, 0.1) is 19.1 Å². The second-order valence-electron chi connectivity index (χ2n) is 6.66. The lowest BCUT2D eigenvalue weighted by Gasteiger charge is -2.35. The van der Waals surface area contributed by atoms with Gasteiger partial charge in [0.15, 0.2) is 0 Å². The lowest BCUT2D eigenvalue weighted by atomic mass is 10.1. The lowest BCUT2D eigenvalue weighted by Crippen LogP contribution is -2.45. The number of nitrogens with zero attached hydrogens (tertiary/aromatic N) is 3. The van der Waals surface area contributed by atoms with Crippen LogP contribution < -0.4 is 9.47 Å². The third kappa shape index (κ3) is 4.96. The van der Waals surface area contributed by atoms with Crippen molar-refractivity contribution in [3.05, 3.63) is 63.7 Å². The summed E-state index contributed by atoms with van der Waals surface area (Å²) < 4.78 is 10.7. The van der Waals surface area contributed by atoms with E-state index in [9.17, 15) is 10.1 Å². The Bertz CT molecular complexity index is 789. The Morgan fingerprint density at radius 3 is 2.30 bits per heavy atom. The molecule has 144 valence electrons. The monoisotopic (exact) mass is 371 g/mol. The Labute approximate surface area is 159 Å². The van der Waals surface area contributed by atoms with Gasteiger partial charge in [0.25, 0.3) is 5.69 Å². The molecule has 0 spiro atoms. The second kappa shape index (κ2) is 8.83. The van der Waals surface area contributed by atoms with Crippen LogP contribution in [0.15, 0.2) is 42.5 Å². The molecule has 7 nitrogen and oxygen atoms in total. The molecule has 0 radical (unpaired) electrons. The molecular formula is C20H25N3O4. The fraction of sp³-hybridized carbons (Fsp3) is 0.400. The largest absolute Gasteiger partial charge is 0.497 e. The van der Waals surface area contributed by atoms with Crippen LogP contribution in [0, 0.1) is 10.1 Å². The molecule has 0 amide bonds. The van der Waals surface area contributed by atoms with Gasteiger partial charge in [-0.05, 0) is 11.6 Å². The molecule has 0 unspecified atom stereocenters. The number of methoxy groups -OCH3 is 2. The van der Waals surface area contributed by atoms with Crippen LogP contribution in [0.2, 0.25) is 0 Å². The van der Waals surface area contributed by atoms with Crippen LogP contribution in [0.4, 0.5) is 5.69 Å². The number of piperazine rings is 1. The van der Waals surface area contributed by atoms with Gasteiger partial charge >= 0.3 is 0 Å². The molecule has 0 aromatic heterocycles. The zero-order chi connectivity index (χ0) is 19.2. The van der Waals surface area contributed by atoms with Crippen LogP contribution in [0.25, 0.3) is 0 Å². The summed E-state index contributed by atoms with van der Waals surface area (Å²) in [6, 6.07) is 12.8. The summed E-state index contributed by atoms with van der Waals surface area (Å²) in [4.78, 5) is 15.3. The van der Waals surface area contributed by atoms with Gasteiger partial charge in [-0.15, -0.1) is 0 Å². The van der Waals surface area contributed by atoms with Crippen molar-refractivity contribution in [2.75, 3.05) is 40.4 Å². The summed E-state index contributed by atoms with van der Waals surface area (Å²) in [5.74, 6) is 1.63. The number of nitro benzene ring substituents is 1. The number of rotatable bonds is 7. The summed E-state index contributed by atoms with van der Waals surface area (Å²) in [6.07, 6.45) is 0. The zero-order valence-electron chi connectivity index (χ0n) is 15.8. The predicted octanol–water partition coefficient (Wildman–Crippen LogP) is 2.93. The number of benzene rings is 2. The highest BCUT2D eigenvalue weighted by Gasteiger charge is 2.19. The summed E-state index contributed by atoms with van der Waals surface area (Å²) in [6.45, 7) is 5.33. The number of non-ortho nitro benzene ring substituents is 1. The first-order chi connectivity index (χ1) is 13.1. The van der Waals surface area contributed by atoms with Gasteiger partial charge in [0.2, 0.25) is 0 Å². The highest BCUT2D eigenvalue weighted by Crippen LogP contribution is 2.26. The van der Waals surface area contributed by atoms with E-state index >= 15 is 0 Å². The Morgan fingerprint density at radius 1 is 0.963 bits per heavy atom. The maximum absolute atomic E-state index is 10.9. The van der Waals surface area contributed by atoms with E-state index in [1.807, 2.05) is 24.3 Å². The molecule has 3 rings (SSSR count). The van der Waals surface area contributed by atoms with Crippen molar-refractivity contribution in [1.82, 2.24) is 9.80 Å². The van der Waals surface area contributed by atoms with Crippen LogP contribution in [-0.4, -0.2) is 55.1 Å². The van der Waals surface area contributed by atoms with E-state index in [4.69, 9.17) is 9.47 Å². The van der Waals surface area contributed by atoms with Crippen LogP contribution in [0.5, 0.6) is 11.5 Å². The minimum Gasteiger partial charge on any atom is -0.497 e. The molecule has 1 fully saturated rings. The Kier molecular flexibility index (Phi) is 6.26. The number of ether oxygens (including phenoxy) is 2. The van der Waals surface area contributed by atoms with Crippen LogP contribution in [0.1, 0.15) is 11.1 Å². The maximum atomic E-state index is 10.9. The van der Waals surface area contributed by atoms with Gasteiger partial charge < -0.3 is 9.47 Å². The molecule has 1 heterocycles. The SMILES string of the molecule is COc1ccc(CN2CCN(Cc3cccc([N+](=O)[O-])c3)CC2)c(OC)c1. The predicted molar refractivity (Wildman–Crippen MR) is 103 cm³/mol. The van der Waals surface area contributed by atoms with E-state index in [1.165, 1.54) is 6.07 Å². The van der Waals surface area contributed by atoms with Crippen LogP contribution in [-0.2, 0) is 13.1 Å². The van der Waals surface area contributed by atoms with Crippen molar-refractivity contribution in [2.24, 2.45) is 0 Å². The van der Waals surface area contributed by atoms with E-state index in [-0.39, 0.29) is 10.6 Å². The highest BCUT2D eigenvalue weighted by atomic mass is 16.6. The van der Waals surface area contributed by atoms with Gasteiger partial charge in [-0.2, -0.15) is 0 Å². The summed E-state index contributed by atoms with van der Waals surface area (Å²) >= 11 is 0. The van der Waals surface area contributed by atoms with Crippen LogP contribution in [0.3, 0.4) is 0 Å². The van der Waals surface area contributed by atoms with Gasteiger partial charge in [0.1, 0.15) is 11.5 Å². The fourth-order valence-corrected chi connectivity index (χ4v) is 3.36. The van der Waals surface area contributed by atoms with Crippen molar-refractivity contribution in [2.45, 2.75) is 13.1 Å². The minimum atomic E-state index is -0.344. The molecule has 0 N–H and O–H groups in total. The standard InChI is InChI=1S/C20H25N3O4/c1-26-19-7-6-17(20(13-19)27-2)15-22-10-8-21(9-11-22)14-16-4-3-5-18(12-16)23(24)25/h3-7,12-13H,8-11,14-15H2,1-2H3. The topological polar surface area (TPSA) is 68.1 Å². The Morgan fingerprint density at radius 2 is 1.67 bits per heavy atom.